The van der Waals surface area contributed by atoms with E-state index in [-0.39, 0.29) is 0 Å². The normalized spacial score (nSPS) is 12.7. The number of nitrogens with zero attached hydrogens (tertiary/aromatic N) is 1. The highest BCUT2D eigenvalue weighted by Gasteiger charge is 2.09. The van der Waals surface area contributed by atoms with Gasteiger partial charge < -0.3 is 4.74 Å². The third kappa shape index (κ3) is 5.63. The van der Waals surface area contributed by atoms with Crippen molar-refractivity contribution >= 4 is 0 Å². The first-order chi connectivity index (χ1) is 9.04. The van der Waals surface area contributed by atoms with Crippen molar-refractivity contribution in [1.82, 2.24) is 4.98 Å². The molecule has 0 bridgehead atoms. The lowest BCUT2D eigenvalue weighted by Crippen LogP contribution is -2.06. The number of aromatic nitrogens is 1. The van der Waals surface area contributed by atoms with E-state index < -0.39 is 0 Å². The summed E-state index contributed by atoms with van der Waals surface area (Å²) < 4.78 is 5.81. The Morgan fingerprint density at radius 1 is 1.26 bits per heavy atom. The highest BCUT2D eigenvalue weighted by molar-refractivity contribution is 5.30. The van der Waals surface area contributed by atoms with E-state index in [4.69, 9.17) is 4.74 Å². The van der Waals surface area contributed by atoms with Gasteiger partial charge in [0.1, 0.15) is 5.75 Å². The molecule has 1 atom stereocenters. The van der Waals surface area contributed by atoms with Gasteiger partial charge in [-0.25, -0.2) is 0 Å². The third-order valence-electron chi connectivity index (χ3n) is 3.88. The van der Waals surface area contributed by atoms with Gasteiger partial charge >= 0.3 is 0 Å². The van der Waals surface area contributed by atoms with Crippen LogP contribution in [0.5, 0.6) is 5.75 Å². The molecule has 0 saturated carbocycles. The highest BCUT2D eigenvalue weighted by Crippen LogP contribution is 2.21. The van der Waals surface area contributed by atoms with Gasteiger partial charge in [0.05, 0.1) is 12.3 Å². The molecule has 2 heteroatoms. The molecule has 0 N–H and O–H groups in total. The average molecular weight is 263 g/mol. The summed E-state index contributed by atoms with van der Waals surface area (Å²) in [5.74, 6) is 2.47. The summed E-state index contributed by atoms with van der Waals surface area (Å²) in [6.45, 7) is 11.9. The van der Waals surface area contributed by atoms with E-state index in [9.17, 15) is 0 Å². The standard InChI is InChI=1S/C17H29NO/c1-6-7-10-19-17-11-16(12-18-15(17)5)9-8-14(4)13(2)3/h11-14H,6-10H2,1-5H3/t14-/m1/s1. The monoisotopic (exact) mass is 263 g/mol. The lowest BCUT2D eigenvalue weighted by molar-refractivity contribution is 0.305. The Morgan fingerprint density at radius 3 is 2.63 bits per heavy atom. The zero-order valence-corrected chi connectivity index (χ0v) is 13.2. The summed E-state index contributed by atoms with van der Waals surface area (Å²) in [6.07, 6.45) is 6.58. The fourth-order valence-electron chi connectivity index (χ4n) is 1.89. The Kier molecular flexibility index (Phi) is 6.90. The van der Waals surface area contributed by atoms with Crippen LogP contribution in [0.3, 0.4) is 0 Å². The van der Waals surface area contributed by atoms with Crippen molar-refractivity contribution in [3.05, 3.63) is 23.5 Å². The fourth-order valence-corrected chi connectivity index (χ4v) is 1.89. The molecule has 0 aliphatic heterocycles. The van der Waals surface area contributed by atoms with E-state index in [0.717, 1.165) is 49.1 Å². The summed E-state index contributed by atoms with van der Waals surface area (Å²) in [5, 5.41) is 0. The van der Waals surface area contributed by atoms with Gasteiger partial charge in [-0.05, 0) is 49.7 Å². The lowest BCUT2D eigenvalue weighted by Gasteiger charge is -2.15. The smallest absolute Gasteiger partial charge is 0.140 e. The van der Waals surface area contributed by atoms with Crippen LogP contribution in [-0.2, 0) is 6.42 Å². The van der Waals surface area contributed by atoms with E-state index in [2.05, 4.69) is 38.7 Å². The number of hydrogen-bond acceptors (Lipinski definition) is 2. The SMILES string of the molecule is CCCCOc1cc(CC[C@@H](C)C(C)C)cnc1C. The highest BCUT2D eigenvalue weighted by atomic mass is 16.5. The Hall–Kier alpha value is -1.05. The van der Waals surface area contributed by atoms with E-state index in [0.29, 0.717) is 0 Å². The van der Waals surface area contributed by atoms with Gasteiger partial charge in [0.25, 0.3) is 0 Å². The van der Waals surface area contributed by atoms with Crippen molar-refractivity contribution in [2.45, 2.75) is 60.3 Å². The largest absolute Gasteiger partial charge is 0.492 e. The van der Waals surface area contributed by atoms with Gasteiger partial charge in [0.15, 0.2) is 0 Å². The minimum absolute atomic E-state index is 0.749. The first kappa shape index (κ1) is 16.0. The maximum absolute atomic E-state index is 5.81. The van der Waals surface area contributed by atoms with Crippen molar-refractivity contribution in [3.63, 3.8) is 0 Å². The third-order valence-corrected chi connectivity index (χ3v) is 3.88. The zero-order valence-electron chi connectivity index (χ0n) is 13.2. The Morgan fingerprint density at radius 2 is 2.00 bits per heavy atom. The van der Waals surface area contributed by atoms with Gasteiger partial charge in [0.2, 0.25) is 0 Å². The molecule has 0 saturated heterocycles. The van der Waals surface area contributed by atoms with Crippen LogP contribution in [0, 0.1) is 18.8 Å². The van der Waals surface area contributed by atoms with Crippen LogP contribution in [0.4, 0.5) is 0 Å². The number of hydrogen-bond donors (Lipinski definition) is 0. The molecule has 0 aromatic carbocycles. The van der Waals surface area contributed by atoms with Crippen LogP contribution in [-0.4, -0.2) is 11.6 Å². The van der Waals surface area contributed by atoms with E-state index in [1.807, 2.05) is 13.1 Å². The second-order valence-electron chi connectivity index (χ2n) is 5.89. The van der Waals surface area contributed by atoms with Gasteiger partial charge in [0, 0.05) is 6.20 Å². The van der Waals surface area contributed by atoms with Crippen LogP contribution in [0.25, 0.3) is 0 Å². The lowest BCUT2D eigenvalue weighted by atomic mass is 9.92. The topological polar surface area (TPSA) is 22.1 Å². The van der Waals surface area contributed by atoms with E-state index >= 15 is 0 Å². The molecule has 0 spiro atoms. The Balaban J connectivity index is 2.57. The van der Waals surface area contributed by atoms with Crippen LogP contribution < -0.4 is 4.74 Å². The average Bonchev–Trinajstić information content (AvgIpc) is 2.39. The van der Waals surface area contributed by atoms with Gasteiger partial charge in [-0.2, -0.15) is 0 Å². The number of pyridine rings is 1. The predicted octanol–water partition coefficient (Wildman–Crippen LogP) is 4.79. The van der Waals surface area contributed by atoms with Crippen LogP contribution >= 0.6 is 0 Å². The quantitative estimate of drug-likeness (QED) is 0.629. The molecule has 0 aliphatic carbocycles. The summed E-state index contributed by atoms with van der Waals surface area (Å²) in [5.41, 5.74) is 2.29. The molecule has 0 fully saturated rings. The second-order valence-corrected chi connectivity index (χ2v) is 5.89. The molecule has 19 heavy (non-hydrogen) atoms. The van der Waals surface area contributed by atoms with Crippen molar-refractivity contribution < 1.29 is 4.74 Å². The molecular formula is C17H29NO. The van der Waals surface area contributed by atoms with Gasteiger partial charge in [-0.3, -0.25) is 4.98 Å². The maximum atomic E-state index is 5.81. The summed E-state index contributed by atoms with van der Waals surface area (Å²) in [7, 11) is 0. The fraction of sp³-hybridized carbons (Fsp3) is 0.706. The predicted molar refractivity (Wildman–Crippen MR) is 81.7 cm³/mol. The summed E-state index contributed by atoms with van der Waals surface area (Å²) in [6, 6.07) is 2.17. The zero-order chi connectivity index (χ0) is 14.3. The first-order valence-corrected chi connectivity index (χ1v) is 7.62. The molecule has 0 unspecified atom stereocenters. The molecule has 1 heterocycles. The summed E-state index contributed by atoms with van der Waals surface area (Å²) >= 11 is 0. The minimum atomic E-state index is 0.749. The number of rotatable bonds is 8. The summed E-state index contributed by atoms with van der Waals surface area (Å²) in [4.78, 5) is 4.46. The minimum Gasteiger partial charge on any atom is -0.492 e. The van der Waals surface area contributed by atoms with Gasteiger partial charge in [-0.15, -0.1) is 0 Å². The molecule has 108 valence electrons. The van der Waals surface area contributed by atoms with E-state index in [1.54, 1.807) is 0 Å². The molecule has 2 nitrogen and oxygen atoms in total. The first-order valence-electron chi connectivity index (χ1n) is 7.62. The molecular weight excluding hydrogens is 234 g/mol. The molecule has 0 radical (unpaired) electrons. The van der Waals surface area contributed by atoms with Crippen molar-refractivity contribution in [1.29, 1.82) is 0 Å². The molecule has 0 amide bonds. The number of aryl methyl sites for hydroxylation is 2. The second kappa shape index (κ2) is 8.19. The Bertz CT molecular complexity index is 374. The van der Waals surface area contributed by atoms with Crippen LogP contribution in [0.1, 0.15) is 58.2 Å². The molecule has 1 aromatic rings. The van der Waals surface area contributed by atoms with Crippen LogP contribution in [0.2, 0.25) is 0 Å². The molecule has 1 rings (SSSR count). The number of ether oxygens (including phenoxy) is 1. The maximum Gasteiger partial charge on any atom is 0.140 e. The van der Waals surface area contributed by atoms with Gasteiger partial charge in [-0.1, -0.05) is 34.1 Å². The van der Waals surface area contributed by atoms with Crippen LogP contribution in [0.15, 0.2) is 12.3 Å². The molecule has 1 aromatic heterocycles. The van der Waals surface area contributed by atoms with Crippen molar-refractivity contribution in [2.24, 2.45) is 11.8 Å². The Labute approximate surface area is 118 Å². The number of unbranched alkanes of at least 4 members (excludes halogenated alkanes) is 1. The van der Waals surface area contributed by atoms with Crippen molar-refractivity contribution in [3.8, 4) is 5.75 Å². The van der Waals surface area contributed by atoms with E-state index in [1.165, 1.54) is 12.0 Å². The van der Waals surface area contributed by atoms with Crippen molar-refractivity contribution in [2.75, 3.05) is 6.61 Å². The molecule has 0 aliphatic rings.